The van der Waals surface area contributed by atoms with Crippen molar-refractivity contribution >= 4 is 23.9 Å². The summed E-state index contributed by atoms with van der Waals surface area (Å²) in [6.45, 7) is 5.71. The predicted octanol–water partition coefficient (Wildman–Crippen LogP) is 15.1. The number of carboxylic acid groups (broad SMARTS) is 1. The van der Waals surface area contributed by atoms with Gasteiger partial charge < -0.3 is 39.0 Å². The van der Waals surface area contributed by atoms with Crippen LogP contribution in [0.4, 0.5) is 0 Å². The van der Waals surface area contributed by atoms with Crippen molar-refractivity contribution in [2.45, 2.75) is 276 Å². The number of allylic oxidation sites excluding steroid dienone is 14. The molecule has 0 aromatic rings. The number of hydrogen-bond acceptors (Lipinski definition) is 11. The van der Waals surface area contributed by atoms with Gasteiger partial charge in [-0.2, -0.15) is 0 Å². The zero-order valence-electron chi connectivity index (χ0n) is 47.0. The van der Waals surface area contributed by atoms with Crippen LogP contribution in [-0.2, 0) is 42.9 Å². The molecule has 12 nitrogen and oxygen atoms in total. The van der Waals surface area contributed by atoms with Gasteiger partial charge in [0.15, 0.2) is 24.6 Å². The van der Waals surface area contributed by atoms with Gasteiger partial charge in [-0.1, -0.05) is 202 Å². The number of carbonyl (C=O) groups excluding carboxylic acids is 3. The molecule has 1 rings (SSSR count). The lowest BCUT2D eigenvalue weighted by atomic mass is 9.98. The fourth-order valence-electron chi connectivity index (χ4n) is 8.44. The monoisotopic (exact) mass is 1050 g/mol. The molecule has 6 atom stereocenters. The minimum Gasteiger partial charge on any atom is -0.479 e. The number of aliphatic hydroxyl groups is 2. The van der Waals surface area contributed by atoms with Gasteiger partial charge in [-0.25, -0.2) is 4.79 Å². The van der Waals surface area contributed by atoms with E-state index < -0.39 is 67.3 Å². The van der Waals surface area contributed by atoms with Gasteiger partial charge >= 0.3 is 23.9 Å². The molecule has 0 aliphatic carbocycles. The molecule has 75 heavy (non-hydrogen) atoms. The van der Waals surface area contributed by atoms with Crippen LogP contribution in [0.3, 0.4) is 0 Å². The third-order valence-electron chi connectivity index (χ3n) is 12.9. The van der Waals surface area contributed by atoms with Gasteiger partial charge in [-0.3, -0.25) is 14.4 Å². The van der Waals surface area contributed by atoms with E-state index in [1.807, 2.05) is 0 Å². The van der Waals surface area contributed by atoms with Crippen LogP contribution in [-0.4, -0.2) is 89.2 Å². The van der Waals surface area contributed by atoms with Crippen molar-refractivity contribution in [2.24, 2.45) is 0 Å². The molecule has 0 saturated carbocycles. The quantitative estimate of drug-likeness (QED) is 0.0228. The van der Waals surface area contributed by atoms with E-state index >= 15 is 0 Å². The van der Waals surface area contributed by atoms with E-state index in [9.17, 15) is 34.5 Å². The van der Waals surface area contributed by atoms with Crippen LogP contribution in [0.5, 0.6) is 0 Å². The van der Waals surface area contributed by atoms with Crippen LogP contribution < -0.4 is 0 Å². The van der Waals surface area contributed by atoms with Crippen molar-refractivity contribution < 1.29 is 58.2 Å². The summed E-state index contributed by atoms with van der Waals surface area (Å²) < 4.78 is 28.4. The van der Waals surface area contributed by atoms with E-state index in [0.29, 0.717) is 19.3 Å². The summed E-state index contributed by atoms with van der Waals surface area (Å²) in [5.74, 6) is -3.16. The average molecular weight is 1050 g/mol. The Bertz CT molecular complexity index is 1630. The Morgan fingerprint density at radius 1 is 0.453 bits per heavy atom. The molecule has 0 radical (unpaired) electrons. The second-order valence-electron chi connectivity index (χ2n) is 19.9. The highest BCUT2D eigenvalue weighted by Crippen LogP contribution is 2.26. The summed E-state index contributed by atoms with van der Waals surface area (Å²) in [5, 5.41) is 31.5. The largest absolute Gasteiger partial charge is 0.479 e. The Morgan fingerprint density at radius 2 is 0.840 bits per heavy atom. The second kappa shape index (κ2) is 50.7. The third-order valence-corrected chi connectivity index (χ3v) is 12.9. The molecular formula is C63H104O12. The highest BCUT2D eigenvalue weighted by molar-refractivity contribution is 5.74. The summed E-state index contributed by atoms with van der Waals surface area (Å²) in [7, 11) is 0. The van der Waals surface area contributed by atoms with Crippen LogP contribution >= 0.6 is 0 Å². The zero-order valence-corrected chi connectivity index (χ0v) is 47.0. The molecule has 1 heterocycles. The highest BCUT2D eigenvalue weighted by atomic mass is 16.7. The summed E-state index contributed by atoms with van der Waals surface area (Å²) >= 11 is 0. The van der Waals surface area contributed by atoms with Gasteiger partial charge in [-0.05, 0) is 103 Å². The molecule has 0 bridgehead atoms. The molecule has 0 amide bonds. The van der Waals surface area contributed by atoms with Crippen molar-refractivity contribution in [1.29, 1.82) is 0 Å². The normalized spacial score (nSPS) is 18.8. The predicted molar refractivity (Wildman–Crippen MR) is 303 cm³/mol. The average Bonchev–Trinajstić information content (AvgIpc) is 3.39. The number of aliphatic hydroxyl groups excluding tert-OH is 2. The SMILES string of the molecule is CC/C=C\C/C=C\C/C=C\CCCCCCCCCC(=O)OCC(COC1OC(C(=O)O)C(O)C(O)C1OC(=O)CCCCCCCCC/C=C\C/C=C\C/C=C\CC)OC(=O)CCCCCCC/C=C\CCCC. The van der Waals surface area contributed by atoms with Gasteiger partial charge in [0.25, 0.3) is 0 Å². The summed E-state index contributed by atoms with van der Waals surface area (Å²) in [6.07, 6.45) is 52.7. The number of ether oxygens (including phenoxy) is 5. The molecule has 0 aromatic carbocycles. The second-order valence-corrected chi connectivity index (χ2v) is 19.9. The standard InChI is InChI=1S/C63H104O12/c1-4-7-10-13-16-19-22-24-26-28-30-32-35-37-40-43-46-49-55(64)71-52-54(73-56(65)50-47-44-41-38-34-21-18-15-12-9-6-3)53-72-63-61(59(68)58(67)60(75-63)62(69)70)74-57(66)51-48-45-42-39-36-33-31-29-27-25-23-20-17-14-11-8-5-2/h7-8,10-11,15-20,24-27,54,58-61,63,67-68H,4-6,9,12-14,21-23,28-53H2,1-3H3,(H,69,70)/b10-7-,11-8-,18-15-,19-16-,20-17-,26-24-,27-25-. The minimum absolute atomic E-state index is 0.0447. The molecule has 12 heteroatoms. The van der Waals surface area contributed by atoms with E-state index in [1.165, 1.54) is 19.3 Å². The van der Waals surface area contributed by atoms with Gasteiger partial charge in [0.2, 0.25) is 0 Å². The van der Waals surface area contributed by atoms with Crippen LogP contribution in [0.1, 0.15) is 239 Å². The fraction of sp³-hybridized carbons (Fsp3) is 0.714. The molecule has 6 unspecified atom stereocenters. The number of hydrogen-bond donors (Lipinski definition) is 3. The van der Waals surface area contributed by atoms with E-state index in [-0.39, 0.29) is 25.9 Å². The maximum Gasteiger partial charge on any atom is 0.335 e. The van der Waals surface area contributed by atoms with Crippen LogP contribution in [0.2, 0.25) is 0 Å². The van der Waals surface area contributed by atoms with Gasteiger partial charge in [-0.15, -0.1) is 0 Å². The molecule has 3 N–H and O–H groups in total. The lowest BCUT2D eigenvalue weighted by molar-refractivity contribution is -0.301. The molecule has 0 spiro atoms. The molecular weight excluding hydrogens is 949 g/mol. The lowest BCUT2D eigenvalue weighted by Crippen LogP contribution is -2.61. The number of aliphatic carboxylic acids is 1. The molecule has 428 valence electrons. The van der Waals surface area contributed by atoms with Crippen LogP contribution in [0.15, 0.2) is 85.1 Å². The maximum atomic E-state index is 13.1. The van der Waals surface area contributed by atoms with Gasteiger partial charge in [0, 0.05) is 19.3 Å². The first-order valence-electron chi connectivity index (χ1n) is 29.6. The maximum absolute atomic E-state index is 13.1. The van der Waals surface area contributed by atoms with E-state index in [1.54, 1.807) is 0 Å². The Labute approximate surface area is 454 Å². The Kier molecular flexibility index (Phi) is 46.6. The van der Waals surface area contributed by atoms with Crippen molar-refractivity contribution in [3.05, 3.63) is 85.1 Å². The minimum atomic E-state index is -1.91. The van der Waals surface area contributed by atoms with Crippen molar-refractivity contribution in [3.63, 3.8) is 0 Å². The number of carboxylic acids is 1. The van der Waals surface area contributed by atoms with Crippen molar-refractivity contribution in [2.75, 3.05) is 13.2 Å². The lowest BCUT2D eigenvalue weighted by Gasteiger charge is -2.40. The molecule has 0 aromatic heterocycles. The Morgan fingerprint density at radius 3 is 1.29 bits per heavy atom. The van der Waals surface area contributed by atoms with Gasteiger partial charge in [0.05, 0.1) is 6.61 Å². The molecule has 1 aliphatic rings. The number of carbonyl (C=O) groups is 4. The molecule has 1 saturated heterocycles. The number of esters is 3. The van der Waals surface area contributed by atoms with Crippen LogP contribution in [0, 0.1) is 0 Å². The van der Waals surface area contributed by atoms with E-state index in [0.717, 1.165) is 161 Å². The first-order chi connectivity index (χ1) is 36.6. The number of rotatable bonds is 49. The Balaban J connectivity index is 2.68. The third kappa shape index (κ3) is 40.8. The topological polar surface area (TPSA) is 175 Å². The van der Waals surface area contributed by atoms with Crippen LogP contribution in [0.25, 0.3) is 0 Å². The summed E-state index contributed by atoms with van der Waals surface area (Å²) in [6, 6.07) is 0. The fourth-order valence-corrected chi connectivity index (χ4v) is 8.44. The smallest absolute Gasteiger partial charge is 0.335 e. The summed E-state index contributed by atoms with van der Waals surface area (Å²) in [5.41, 5.74) is 0. The molecule has 1 aliphatic heterocycles. The van der Waals surface area contributed by atoms with Gasteiger partial charge in [0.1, 0.15) is 18.8 Å². The van der Waals surface area contributed by atoms with E-state index in [4.69, 9.17) is 23.7 Å². The first kappa shape index (κ1) is 68.9. The van der Waals surface area contributed by atoms with E-state index in [2.05, 4.69) is 106 Å². The van der Waals surface area contributed by atoms with Crippen molar-refractivity contribution in [3.8, 4) is 0 Å². The van der Waals surface area contributed by atoms with Crippen molar-refractivity contribution in [1.82, 2.24) is 0 Å². The molecule has 1 fully saturated rings. The highest BCUT2D eigenvalue weighted by Gasteiger charge is 2.50. The summed E-state index contributed by atoms with van der Waals surface area (Å²) in [4.78, 5) is 51.1. The Hall–Kier alpha value is -4.10. The zero-order chi connectivity index (χ0) is 54.7. The number of unbranched alkanes of at least 4 members (excludes halogenated alkanes) is 21. The first-order valence-corrected chi connectivity index (χ1v) is 29.6.